The Bertz CT molecular complexity index is 378. The molecule has 2 unspecified atom stereocenters. The van der Waals surface area contributed by atoms with Gasteiger partial charge in [0.25, 0.3) is 0 Å². The zero-order valence-corrected chi connectivity index (χ0v) is 13.7. The first-order valence-corrected chi connectivity index (χ1v) is 8.99. The second kappa shape index (κ2) is 6.25. The van der Waals surface area contributed by atoms with Crippen LogP contribution in [0.15, 0.2) is 0 Å². The lowest BCUT2D eigenvalue weighted by Crippen LogP contribution is -2.44. The Labute approximate surface area is 129 Å². The highest BCUT2D eigenvalue weighted by atomic mass is 16.2. The van der Waals surface area contributed by atoms with Crippen molar-refractivity contribution in [2.24, 2.45) is 5.92 Å². The molecule has 2 aliphatic heterocycles. The summed E-state index contributed by atoms with van der Waals surface area (Å²) >= 11 is 0. The highest BCUT2D eigenvalue weighted by Crippen LogP contribution is 2.38. The van der Waals surface area contributed by atoms with Crippen LogP contribution in [-0.2, 0) is 4.79 Å². The molecule has 0 aromatic heterocycles. The predicted molar refractivity (Wildman–Crippen MR) is 85.0 cm³/mol. The van der Waals surface area contributed by atoms with Crippen LogP contribution in [0.3, 0.4) is 0 Å². The van der Waals surface area contributed by atoms with Gasteiger partial charge in [0.05, 0.1) is 11.7 Å². The fraction of sp³-hybridized carbons (Fsp3) is 0.941. The van der Waals surface area contributed by atoms with Crippen molar-refractivity contribution in [3.63, 3.8) is 0 Å². The number of amides is 1. The lowest BCUT2D eigenvalue weighted by Gasteiger charge is -2.27. The van der Waals surface area contributed by atoms with Crippen LogP contribution in [0.1, 0.15) is 58.8 Å². The number of carbonyl (C=O) groups excluding carboxylic acids is 1. The molecule has 0 radical (unpaired) electrons. The maximum absolute atomic E-state index is 13.0. The van der Waals surface area contributed by atoms with E-state index in [9.17, 15) is 4.79 Å². The maximum Gasteiger partial charge on any atom is 0.244 e. The molecule has 2 heterocycles. The topological polar surface area (TPSA) is 35.6 Å². The Hall–Kier alpha value is -0.610. The van der Waals surface area contributed by atoms with Crippen molar-refractivity contribution in [1.82, 2.24) is 15.1 Å². The summed E-state index contributed by atoms with van der Waals surface area (Å²) in [7, 11) is 0. The van der Waals surface area contributed by atoms with E-state index in [0.29, 0.717) is 11.8 Å². The monoisotopic (exact) mass is 293 g/mol. The van der Waals surface area contributed by atoms with Gasteiger partial charge in [0.15, 0.2) is 0 Å². The third kappa shape index (κ3) is 2.85. The lowest BCUT2D eigenvalue weighted by atomic mass is 9.97. The van der Waals surface area contributed by atoms with E-state index < -0.39 is 0 Å². The molecule has 0 aromatic rings. The highest BCUT2D eigenvalue weighted by molar-refractivity contribution is 5.89. The van der Waals surface area contributed by atoms with Gasteiger partial charge in [0.2, 0.25) is 5.91 Å². The average Bonchev–Trinajstić information content (AvgIpc) is 3.18. The molecule has 4 nitrogen and oxygen atoms in total. The Morgan fingerprint density at radius 3 is 2.67 bits per heavy atom. The fourth-order valence-electron chi connectivity index (χ4n) is 4.55. The smallest absolute Gasteiger partial charge is 0.244 e. The minimum Gasteiger partial charge on any atom is -0.325 e. The van der Waals surface area contributed by atoms with E-state index in [2.05, 4.69) is 29.0 Å². The maximum atomic E-state index is 13.0. The van der Waals surface area contributed by atoms with Gasteiger partial charge >= 0.3 is 0 Å². The molecule has 3 rings (SSSR count). The second-order valence-electron chi connectivity index (χ2n) is 7.24. The summed E-state index contributed by atoms with van der Waals surface area (Å²) in [5.74, 6) is 1.08. The summed E-state index contributed by atoms with van der Waals surface area (Å²) in [6.45, 7) is 8.95. The summed E-state index contributed by atoms with van der Waals surface area (Å²) in [5.41, 5.74) is -0.192. The molecule has 0 bridgehead atoms. The molecule has 2 saturated heterocycles. The van der Waals surface area contributed by atoms with E-state index >= 15 is 0 Å². The largest absolute Gasteiger partial charge is 0.325 e. The summed E-state index contributed by atoms with van der Waals surface area (Å²) < 4.78 is 0. The lowest BCUT2D eigenvalue weighted by molar-refractivity contribution is -0.133. The number of hydrogen-bond acceptors (Lipinski definition) is 3. The number of carbonyl (C=O) groups is 1. The van der Waals surface area contributed by atoms with Gasteiger partial charge in [-0.15, -0.1) is 0 Å². The van der Waals surface area contributed by atoms with Crippen LogP contribution in [0, 0.1) is 5.92 Å². The van der Waals surface area contributed by atoms with Crippen LogP contribution in [0.5, 0.6) is 0 Å². The first-order chi connectivity index (χ1) is 10.2. The van der Waals surface area contributed by atoms with E-state index in [-0.39, 0.29) is 11.7 Å². The van der Waals surface area contributed by atoms with E-state index in [1.54, 1.807) is 0 Å². The van der Waals surface area contributed by atoms with Gasteiger partial charge in [0, 0.05) is 13.1 Å². The zero-order chi connectivity index (χ0) is 14.9. The fourth-order valence-corrected chi connectivity index (χ4v) is 4.55. The van der Waals surface area contributed by atoms with Gasteiger partial charge in [-0.3, -0.25) is 10.1 Å². The summed E-state index contributed by atoms with van der Waals surface area (Å²) in [5, 5.41) is 3.73. The molecule has 3 fully saturated rings. The van der Waals surface area contributed by atoms with Gasteiger partial charge in [-0.25, -0.2) is 0 Å². The third-order valence-electron chi connectivity index (χ3n) is 5.78. The molecule has 1 N–H and O–H groups in total. The highest BCUT2D eigenvalue weighted by Gasteiger charge is 2.52. The quantitative estimate of drug-likeness (QED) is 0.844. The van der Waals surface area contributed by atoms with Crippen LogP contribution >= 0.6 is 0 Å². The summed E-state index contributed by atoms with van der Waals surface area (Å²) in [6.07, 6.45) is 8.29. The molecule has 2 atom stereocenters. The normalized spacial score (nSPS) is 32.7. The van der Waals surface area contributed by atoms with Crippen molar-refractivity contribution in [3.05, 3.63) is 0 Å². The number of rotatable bonds is 5. The van der Waals surface area contributed by atoms with Crippen LogP contribution in [0.2, 0.25) is 0 Å². The number of hydrogen-bond donors (Lipinski definition) is 1. The molecule has 120 valence electrons. The molecule has 21 heavy (non-hydrogen) atoms. The first kappa shape index (κ1) is 15.3. The van der Waals surface area contributed by atoms with Crippen molar-refractivity contribution in [2.45, 2.75) is 70.5 Å². The SMILES string of the molecule is CCCC1NC2(CCCC2)C(=O)N1CC1CCN(CC)C1. The van der Waals surface area contributed by atoms with Crippen molar-refractivity contribution in [2.75, 3.05) is 26.2 Å². The number of nitrogens with zero attached hydrogens (tertiary/aromatic N) is 2. The minimum absolute atomic E-state index is 0.192. The molecular formula is C17H31N3O. The van der Waals surface area contributed by atoms with Crippen molar-refractivity contribution >= 4 is 5.91 Å². The summed E-state index contributed by atoms with van der Waals surface area (Å²) in [6, 6.07) is 0. The van der Waals surface area contributed by atoms with E-state index in [4.69, 9.17) is 0 Å². The van der Waals surface area contributed by atoms with Crippen molar-refractivity contribution in [3.8, 4) is 0 Å². The predicted octanol–water partition coefficient (Wildman–Crippen LogP) is 2.20. The van der Waals surface area contributed by atoms with Gasteiger partial charge < -0.3 is 9.80 Å². The Kier molecular flexibility index (Phi) is 4.55. The Morgan fingerprint density at radius 2 is 2.05 bits per heavy atom. The Morgan fingerprint density at radius 1 is 1.29 bits per heavy atom. The molecule has 4 heteroatoms. The zero-order valence-electron chi connectivity index (χ0n) is 13.7. The summed E-state index contributed by atoms with van der Waals surface area (Å²) in [4.78, 5) is 17.7. The van der Waals surface area contributed by atoms with E-state index in [1.165, 1.54) is 32.4 Å². The molecule has 1 aliphatic carbocycles. The van der Waals surface area contributed by atoms with Crippen LogP contribution in [0.25, 0.3) is 0 Å². The van der Waals surface area contributed by atoms with Gasteiger partial charge in [-0.1, -0.05) is 33.1 Å². The van der Waals surface area contributed by atoms with Gasteiger partial charge in [-0.2, -0.15) is 0 Å². The third-order valence-corrected chi connectivity index (χ3v) is 5.78. The standard InChI is InChI=1S/C17H31N3O/c1-3-7-15-18-17(9-5-6-10-17)16(21)20(15)13-14-8-11-19(4-2)12-14/h14-15,18H,3-13H2,1-2H3. The van der Waals surface area contributed by atoms with Crippen LogP contribution in [-0.4, -0.2) is 53.6 Å². The van der Waals surface area contributed by atoms with E-state index in [0.717, 1.165) is 38.8 Å². The molecule has 1 amide bonds. The molecular weight excluding hydrogens is 262 g/mol. The number of nitrogens with one attached hydrogen (secondary N) is 1. The molecule has 3 aliphatic rings. The van der Waals surface area contributed by atoms with E-state index in [1.807, 2.05) is 0 Å². The van der Waals surface area contributed by atoms with Crippen LogP contribution in [0.4, 0.5) is 0 Å². The minimum atomic E-state index is -0.192. The molecule has 1 saturated carbocycles. The molecule has 0 aromatic carbocycles. The van der Waals surface area contributed by atoms with Gasteiger partial charge in [-0.05, 0) is 44.7 Å². The van der Waals surface area contributed by atoms with Crippen molar-refractivity contribution < 1.29 is 4.79 Å². The van der Waals surface area contributed by atoms with Crippen LogP contribution < -0.4 is 5.32 Å². The molecule has 1 spiro atoms. The van der Waals surface area contributed by atoms with Crippen molar-refractivity contribution in [1.29, 1.82) is 0 Å². The Balaban J connectivity index is 1.68. The second-order valence-corrected chi connectivity index (χ2v) is 7.24. The first-order valence-electron chi connectivity index (χ1n) is 8.99. The average molecular weight is 293 g/mol. The van der Waals surface area contributed by atoms with Gasteiger partial charge in [0.1, 0.15) is 0 Å². The number of likely N-dealkylation sites (tertiary alicyclic amines) is 1.